The van der Waals surface area contributed by atoms with Gasteiger partial charge in [0.15, 0.2) is 0 Å². The van der Waals surface area contributed by atoms with Crippen molar-refractivity contribution in [1.29, 1.82) is 0 Å². The van der Waals surface area contributed by atoms with E-state index in [4.69, 9.17) is 0 Å². The summed E-state index contributed by atoms with van der Waals surface area (Å²) in [6.07, 6.45) is 8.57. The highest BCUT2D eigenvalue weighted by molar-refractivity contribution is 5.15. The van der Waals surface area contributed by atoms with E-state index in [1.54, 1.807) is 0 Å². The third-order valence-electron chi connectivity index (χ3n) is 5.79. The Bertz CT molecular complexity index is 413. The van der Waals surface area contributed by atoms with Crippen molar-refractivity contribution in [3.63, 3.8) is 0 Å². The van der Waals surface area contributed by atoms with Crippen molar-refractivity contribution >= 4 is 0 Å². The van der Waals surface area contributed by atoms with Crippen molar-refractivity contribution in [2.75, 3.05) is 0 Å². The van der Waals surface area contributed by atoms with Gasteiger partial charge >= 0.3 is 0 Å². The number of aliphatic hydroxyl groups is 1. The van der Waals surface area contributed by atoms with Crippen molar-refractivity contribution in [2.45, 2.75) is 58.0 Å². The molecule has 0 radical (unpaired) electrons. The Morgan fingerprint density at radius 1 is 1.16 bits per heavy atom. The van der Waals surface area contributed by atoms with E-state index in [1.807, 2.05) is 0 Å². The van der Waals surface area contributed by atoms with Gasteiger partial charge in [-0.05, 0) is 61.3 Å². The molecule has 0 spiro atoms. The Morgan fingerprint density at radius 3 is 2.74 bits per heavy atom. The lowest BCUT2D eigenvalue weighted by atomic mass is 9.62. The quantitative estimate of drug-likeness (QED) is 0.861. The van der Waals surface area contributed by atoms with Gasteiger partial charge in [0.05, 0.1) is 6.10 Å². The second kappa shape index (κ2) is 5.28. The van der Waals surface area contributed by atoms with Crippen LogP contribution in [-0.4, -0.2) is 11.2 Å². The third-order valence-corrected chi connectivity index (χ3v) is 5.79. The molecule has 2 aliphatic rings. The fraction of sp³-hybridized carbons (Fsp3) is 0.667. The van der Waals surface area contributed by atoms with Gasteiger partial charge in [-0.2, -0.15) is 0 Å². The first-order valence-corrected chi connectivity index (χ1v) is 7.91. The molecule has 2 fully saturated rings. The molecule has 0 heterocycles. The van der Waals surface area contributed by atoms with E-state index in [2.05, 4.69) is 37.3 Å². The highest BCUT2D eigenvalue weighted by atomic mass is 16.3. The van der Waals surface area contributed by atoms with Crippen molar-refractivity contribution in [2.24, 2.45) is 17.3 Å². The van der Waals surface area contributed by atoms with Crippen molar-refractivity contribution in [3.8, 4) is 0 Å². The van der Waals surface area contributed by atoms with Gasteiger partial charge in [0.2, 0.25) is 0 Å². The summed E-state index contributed by atoms with van der Waals surface area (Å²) in [5.41, 5.74) is 1.94. The van der Waals surface area contributed by atoms with Crippen LogP contribution in [0.25, 0.3) is 0 Å². The van der Waals surface area contributed by atoms with Crippen LogP contribution < -0.4 is 0 Å². The molecule has 0 aliphatic heterocycles. The Balaban J connectivity index is 1.68. The van der Waals surface area contributed by atoms with Gasteiger partial charge in [0.25, 0.3) is 0 Å². The maximum Gasteiger partial charge on any atom is 0.0571 e. The number of aliphatic hydroxyl groups excluding tert-OH is 1. The molecule has 1 aromatic carbocycles. The largest absolute Gasteiger partial charge is 0.393 e. The van der Waals surface area contributed by atoms with Gasteiger partial charge in [-0.3, -0.25) is 0 Å². The zero-order valence-corrected chi connectivity index (χ0v) is 12.0. The first-order valence-electron chi connectivity index (χ1n) is 7.91. The minimum atomic E-state index is -0.0557. The van der Waals surface area contributed by atoms with E-state index >= 15 is 0 Å². The smallest absolute Gasteiger partial charge is 0.0571 e. The molecule has 1 N–H and O–H groups in total. The first-order chi connectivity index (χ1) is 9.19. The van der Waals surface area contributed by atoms with Crippen LogP contribution in [0.5, 0.6) is 0 Å². The van der Waals surface area contributed by atoms with Crippen LogP contribution in [0.15, 0.2) is 30.3 Å². The maximum atomic E-state index is 10.4. The number of hydrogen-bond acceptors (Lipinski definition) is 1. The summed E-state index contributed by atoms with van der Waals surface area (Å²) in [5, 5.41) is 10.4. The monoisotopic (exact) mass is 258 g/mol. The molecular formula is C18H26O. The summed E-state index contributed by atoms with van der Waals surface area (Å²) in [4.78, 5) is 0. The molecule has 2 unspecified atom stereocenters. The Morgan fingerprint density at radius 2 is 1.95 bits per heavy atom. The van der Waals surface area contributed by atoms with Gasteiger partial charge in [-0.1, -0.05) is 43.7 Å². The lowest BCUT2D eigenvalue weighted by Gasteiger charge is -2.45. The van der Waals surface area contributed by atoms with Crippen LogP contribution in [0.1, 0.15) is 51.0 Å². The molecule has 3 rings (SSSR count). The van der Waals surface area contributed by atoms with Crippen LogP contribution in [0.3, 0.4) is 0 Å². The van der Waals surface area contributed by atoms with Gasteiger partial charge in [0, 0.05) is 0 Å². The number of aryl methyl sites for hydroxylation is 1. The van der Waals surface area contributed by atoms with E-state index in [0.717, 1.165) is 25.2 Å². The molecule has 19 heavy (non-hydrogen) atoms. The molecule has 104 valence electrons. The summed E-state index contributed by atoms with van der Waals surface area (Å²) in [5.74, 6) is 1.29. The van der Waals surface area contributed by atoms with E-state index in [9.17, 15) is 5.11 Å². The molecule has 4 atom stereocenters. The Labute approximate surface area is 117 Å². The molecule has 2 aliphatic carbocycles. The second-order valence-corrected chi connectivity index (χ2v) is 6.95. The Kier molecular flexibility index (Phi) is 3.66. The molecule has 1 aromatic rings. The predicted molar refractivity (Wildman–Crippen MR) is 78.9 cm³/mol. The van der Waals surface area contributed by atoms with E-state index in [0.29, 0.717) is 11.3 Å². The number of hydrogen-bond donors (Lipinski definition) is 1. The Hall–Kier alpha value is -0.820. The highest BCUT2D eigenvalue weighted by Crippen LogP contribution is 2.55. The lowest BCUT2D eigenvalue weighted by Crippen LogP contribution is -2.41. The van der Waals surface area contributed by atoms with E-state index in [-0.39, 0.29) is 6.10 Å². The summed E-state index contributed by atoms with van der Waals surface area (Å²) < 4.78 is 0. The van der Waals surface area contributed by atoms with Gasteiger partial charge in [0.1, 0.15) is 0 Å². The van der Waals surface area contributed by atoms with Crippen LogP contribution in [0.4, 0.5) is 0 Å². The standard InChI is InChI=1S/C18H26O/c1-18-12-5-8-16(18)15(17(19)11-13-18)10-9-14-6-3-2-4-7-14/h2-4,6-7,15-17,19H,5,8-13H2,1H3/t15?,16-,17?,18-/m0/s1. The number of benzene rings is 1. The average molecular weight is 258 g/mol. The minimum absolute atomic E-state index is 0.0557. The first kappa shape index (κ1) is 13.2. The zero-order valence-electron chi connectivity index (χ0n) is 12.0. The molecule has 0 aromatic heterocycles. The fourth-order valence-electron chi connectivity index (χ4n) is 4.63. The van der Waals surface area contributed by atoms with Crippen molar-refractivity contribution < 1.29 is 5.11 Å². The third kappa shape index (κ3) is 2.58. The summed E-state index contributed by atoms with van der Waals surface area (Å²) in [6.45, 7) is 2.46. The SMILES string of the molecule is C[C@@]12CCC[C@H]1C(CCc1ccccc1)C(O)CC2. The molecule has 0 saturated heterocycles. The zero-order chi connectivity index (χ0) is 13.3. The van der Waals surface area contributed by atoms with Gasteiger partial charge < -0.3 is 5.11 Å². The molecular weight excluding hydrogens is 232 g/mol. The van der Waals surface area contributed by atoms with Crippen molar-refractivity contribution in [3.05, 3.63) is 35.9 Å². The molecule has 0 amide bonds. The summed E-state index contributed by atoms with van der Waals surface area (Å²) >= 11 is 0. The van der Waals surface area contributed by atoms with Crippen LogP contribution in [0, 0.1) is 17.3 Å². The fourth-order valence-corrected chi connectivity index (χ4v) is 4.63. The average Bonchev–Trinajstić information content (AvgIpc) is 2.81. The molecule has 2 saturated carbocycles. The highest BCUT2D eigenvalue weighted by Gasteiger charge is 2.47. The van der Waals surface area contributed by atoms with Gasteiger partial charge in [-0.15, -0.1) is 0 Å². The van der Waals surface area contributed by atoms with E-state index < -0.39 is 0 Å². The minimum Gasteiger partial charge on any atom is -0.393 e. The molecule has 1 nitrogen and oxygen atoms in total. The topological polar surface area (TPSA) is 20.2 Å². The maximum absolute atomic E-state index is 10.4. The molecule has 1 heteroatoms. The number of fused-ring (bicyclic) bond motifs is 1. The lowest BCUT2D eigenvalue weighted by molar-refractivity contribution is -0.0288. The normalized spacial score (nSPS) is 38.1. The van der Waals surface area contributed by atoms with Gasteiger partial charge in [-0.25, -0.2) is 0 Å². The summed E-state index contributed by atoms with van der Waals surface area (Å²) in [6, 6.07) is 10.7. The van der Waals surface area contributed by atoms with Crippen molar-refractivity contribution in [1.82, 2.24) is 0 Å². The van der Waals surface area contributed by atoms with Crippen LogP contribution in [0.2, 0.25) is 0 Å². The van der Waals surface area contributed by atoms with Crippen LogP contribution in [-0.2, 0) is 6.42 Å². The second-order valence-electron chi connectivity index (χ2n) is 6.95. The predicted octanol–water partition coefficient (Wildman–Crippen LogP) is 4.20. The number of rotatable bonds is 3. The van der Waals surface area contributed by atoms with E-state index in [1.165, 1.54) is 31.2 Å². The molecule has 0 bridgehead atoms. The van der Waals surface area contributed by atoms with Crippen LogP contribution >= 0.6 is 0 Å². The summed E-state index contributed by atoms with van der Waals surface area (Å²) in [7, 11) is 0.